The summed E-state index contributed by atoms with van der Waals surface area (Å²) in [6, 6.07) is 24.4. The van der Waals surface area contributed by atoms with Gasteiger partial charge in [-0.2, -0.15) is 0 Å². The SMILES string of the molecule is Cc1c(OCC(=O)NNC(=S)NCc2ccccc2)ccc2c(-c3ccccc3)cc(=O)oc12. The van der Waals surface area contributed by atoms with Crippen LogP contribution in [0.1, 0.15) is 11.1 Å². The van der Waals surface area contributed by atoms with Crippen LogP contribution >= 0.6 is 12.2 Å². The van der Waals surface area contributed by atoms with Gasteiger partial charge in [0.25, 0.3) is 5.91 Å². The molecule has 0 atom stereocenters. The lowest BCUT2D eigenvalue weighted by atomic mass is 10.0. The maximum Gasteiger partial charge on any atom is 0.336 e. The molecule has 1 heterocycles. The van der Waals surface area contributed by atoms with Gasteiger partial charge in [0.05, 0.1) is 0 Å². The van der Waals surface area contributed by atoms with Gasteiger partial charge in [-0.1, -0.05) is 60.7 Å². The first-order chi connectivity index (χ1) is 16.5. The van der Waals surface area contributed by atoms with E-state index in [-0.39, 0.29) is 11.7 Å². The van der Waals surface area contributed by atoms with Gasteiger partial charge in [-0.15, -0.1) is 0 Å². The standard InChI is InChI=1S/C26H23N3O4S/c1-17-22(32-16-23(30)28-29-26(34)27-15-18-8-4-2-5-9-18)13-12-20-21(14-24(31)33-25(17)20)19-10-6-3-7-11-19/h2-14H,15-16H2,1H3,(H,28,30)(H2,27,29,34). The van der Waals surface area contributed by atoms with Crippen LogP contribution in [0, 0.1) is 6.92 Å². The molecule has 0 bridgehead atoms. The van der Waals surface area contributed by atoms with Crippen molar-refractivity contribution in [2.45, 2.75) is 13.5 Å². The number of carbonyl (C=O) groups is 1. The lowest BCUT2D eigenvalue weighted by Crippen LogP contribution is -2.48. The van der Waals surface area contributed by atoms with Crippen LogP contribution in [0.4, 0.5) is 0 Å². The van der Waals surface area contributed by atoms with Crippen LogP contribution in [0.3, 0.4) is 0 Å². The van der Waals surface area contributed by atoms with Crippen LogP contribution in [0.15, 0.2) is 88.1 Å². The van der Waals surface area contributed by atoms with Crippen molar-refractivity contribution >= 4 is 34.2 Å². The molecule has 0 aliphatic carbocycles. The number of thiocarbonyl (C=S) groups is 1. The largest absolute Gasteiger partial charge is 0.483 e. The fourth-order valence-corrected chi connectivity index (χ4v) is 3.61. The number of hydrogen-bond donors (Lipinski definition) is 3. The first-order valence-corrected chi connectivity index (χ1v) is 11.0. The molecule has 0 saturated carbocycles. The van der Waals surface area contributed by atoms with Crippen molar-refractivity contribution in [3.63, 3.8) is 0 Å². The monoisotopic (exact) mass is 473 g/mol. The number of ether oxygens (including phenoxy) is 1. The highest BCUT2D eigenvalue weighted by Crippen LogP contribution is 2.32. The average molecular weight is 474 g/mol. The summed E-state index contributed by atoms with van der Waals surface area (Å²) in [5.74, 6) is 0.0311. The number of amides is 1. The van der Waals surface area contributed by atoms with Crippen LogP contribution in [0.2, 0.25) is 0 Å². The Morgan fingerprint density at radius 1 is 0.971 bits per heavy atom. The first kappa shape index (κ1) is 23.0. The summed E-state index contributed by atoms with van der Waals surface area (Å²) < 4.78 is 11.1. The topological polar surface area (TPSA) is 92.6 Å². The number of hydrogen-bond acceptors (Lipinski definition) is 5. The zero-order valence-corrected chi connectivity index (χ0v) is 19.3. The molecule has 0 aliphatic heterocycles. The molecule has 0 fully saturated rings. The fraction of sp³-hybridized carbons (Fsp3) is 0.115. The Labute approximate surface area is 201 Å². The van der Waals surface area contributed by atoms with Crippen LogP contribution in [-0.4, -0.2) is 17.6 Å². The Hall–Kier alpha value is -4.17. The van der Waals surface area contributed by atoms with E-state index < -0.39 is 11.5 Å². The predicted octanol–water partition coefficient (Wildman–Crippen LogP) is 3.84. The van der Waals surface area contributed by atoms with E-state index >= 15 is 0 Å². The molecule has 3 aromatic carbocycles. The van der Waals surface area contributed by atoms with E-state index in [0.717, 1.165) is 22.1 Å². The molecule has 0 spiro atoms. The van der Waals surface area contributed by atoms with E-state index in [4.69, 9.17) is 21.4 Å². The van der Waals surface area contributed by atoms with Crippen molar-refractivity contribution in [2.24, 2.45) is 0 Å². The molecule has 7 nitrogen and oxygen atoms in total. The van der Waals surface area contributed by atoms with E-state index in [2.05, 4.69) is 16.2 Å². The summed E-state index contributed by atoms with van der Waals surface area (Å²) in [7, 11) is 0. The maximum absolute atomic E-state index is 12.2. The summed E-state index contributed by atoms with van der Waals surface area (Å²) in [6.07, 6.45) is 0. The van der Waals surface area contributed by atoms with Crippen molar-refractivity contribution < 1.29 is 13.9 Å². The summed E-state index contributed by atoms with van der Waals surface area (Å²) >= 11 is 5.17. The summed E-state index contributed by atoms with van der Waals surface area (Å²) in [5.41, 5.74) is 8.50. The average Bonchev–Trinajstić information content (AvgIpc) is 2.87. The molecule has 0 aliphatic rings. The Bertz CT molecular complexity index is 1370. The van der Waals surface area contributed by atoms with Gasteiger partial charge in [0.2, 0.25) is 0 Å². The third-order valence-corrected chi connectivity index (χ3v) is 5.41. The second kappa shape index (κ2) is 10.6. The highest BCUT2D eigenvalue weighted by molar-refractivity contribution is 7.80. The van der Waals surface area contributed by atoms with E-state index in [1.165, 1.54) is 6.07 Å². The van der Waals surface area contributed by atoms with Crippen LogP contribution in [-0.2, 0) is 11.3 Å². The molecule has 0 radical (unpaired) electrons. The van der Waals surface area contributed by atoms with E-state index in [0.29, 0.717) is 23.4 Å². The Morgan fingerprint density at radius 3 is 2.41 bits per heavy atom. The molecule has 4 aromatic rings. The quantitative estimate of drug-likeness (QED) is 0.223. The number of aryl methyl sites for hydroxylation is 1. The molecular weight excluding hydrogens is 450 g/mol. The Kier molecular flexibility index (Phi) is 7.19. The zero-order valence-electron chi connectivity index (χ0n) is 18.5. The predicted molar refractivity (Wildman–Crippen MR) is 135 cm³/mol. The number of nitrogens with one attached hydrogen (secondary N) is 3. The van der Waals surface area contributed by atoms with Crippen molar-refractivity contribution in [1.82, 2.24) is 16.2 Å². The molecule has 8 heteroatoms. The number of hydrazine groups is 1. The summed E-state index contributed by atoms with van der Waals surface area (Å²) in [6.45, 7) is 2.07. The molecule has 1 aromatic heterocycles. The number of fused-ring (bicyclic) bond motifs is 1. The second-order valence-electron chi connectivity index (χ2n) is 7.54. The fourth-order valence-electron chi connectivity index (χ4n) is 3.48. The van der Waals surface area contributed by atoms with E-state index in [1.54, 1.807) is 13.0 Å². The molecule has 0 unspecified atom stereocenters. The van der Waals surface area contributed by atoms with Crippen LogP contribution < -0.4 is 26.5 Å². The highest BCUT2D eigenvalue weighted by Gasteiger charge is 2.14. The molecule has 34 heavy (non-hydrogen) atoms. The Morgan fingerprint density at radius 2 is 1.68 bits per heavy atom. The minimum absolute atomic E-state index is 0.247. The van der Waals surface area contributed by atoms with Crippen molar-refractivity contribution in [3.8, 4) is 16.9 Å². The third kappa shape index (κ3) is 5.60. The molecule has 0 saturated heterocycles. The van der Waals surface area contributed by atoms with Crippen LogP contribution in [0.5, 0.6) is 5.75 Å². The molecule has 1 amide bonds. The van der Waals surface area contributed by atoms with Gasteiger partial charge in [-0.3, -0.25) is 15.6 Å². The van der Waals surface area contributed by atoms with Crippen molar-refractivity contribution in [3.05, 3.63) is 100 Å². The molecule has 3 N–H and O–H groups in total. The van der Waals surface area contributed by atoms with Gasteiger partial charge in [-0.05, 0) is 48.0 Å². The van der Waals surface area contributed by atoms with E-state index in [9.17, 15) is 9.59 Å². The number of carbonyl (C=O) groups excluding carboxylic acids is 1. The van der Waals surface area contributed by atoms with Crippen molar-refractivity contribution in [1.29, 1.82) is 0 Å². The highest BCUT2D eigenvalue weighted by atomic mass is 32.1. The Balaban J connectivity index is 1.38. The van der Waals surface area contributed by atoms with Gasteiger partial charge in [0, 0.05) is 23.6 Å². The van der Waals surface area contributed by atoms with Gasteiger partial charge in [0.15, 0.2) is 11.7 Å². The number of rotatable bonds is 6. The molecule has 172 valence electrons. The normalized spacial score (nSPS) is 10.5. The zero-order chi connectivity index (χ0) is 23.9. The smallest absolute Gasteiger partial charge is 0.336 e. The van der Waals surface area contributed by atoms with Crippen molar-refractivity contribution in [2.75, 3.05) is 6.61 Å². The summed E-state index contributed by atoms with van der Waals surface area (Å²) in [5, 5.41) is 4.08. The summed E-state index contributed by atoms with van der Waals surface area (Å²) in [4.78, 5) is 24.4. The van der Waals surface area contributed by atoms with Gasteiger partial charge in [-0.25, -0.2) is 4.79 Å². The lowest BCUT2D eigenvalue weighted by molar-refractivity contribution is -0.123. The van der Waals surface area contributed by atoms with Gasteiger partial charge >= 0.3 is 5.63 Å². The minimum atomic E-state index is -0.454. The second-order valence-corrected chi connectivity index (χ2v) is 7.95. The van der Waals surface area contributed by atoms with Crippen LogP contribution in [0.25, 0.3) is 22.1 Å². The molecule has 4 rings (SSSR count). The van der Waals surface area contributed by atoms with Gasteiger partial charge < -0.3 is 14.5 Å². The third-order valence-electron chi connectivity index (χ3n) is 5.17. The molecular formula is C26H23N3O4S. The maximum atomic E-state index is 12.2. The first-order valence-electron chi connectivity index (χ1n) is 10.6. The minimum Gasteiger partial charge on any atom is -0.483 e. The van der Waals surface area contributed by atoms with E-state index in [1.807, 2.05) is 66.7 Å². The lowest BCUT2D eigenvalue weighted by Gasteiger charge is -2.14. The number of benzene rings is 3. The van der Waals surface area contributed by atoms with Gasteiger partial charge in [0.1, 0.15) is 11.3 Å².